The lowest BCUT2D eigenvalue weighted by Crippen LogP contribution is -2.25. The molecule has 1 fully saturated rings. The molecular formula is C12H18ClN3S. The fourth-order valence-corrected chi connectivity index (χ4v) is 2.79. The smallest absolute Gasteiger partial charge is 0.190 e. The number of nitrogens with zero attached hydrogens (tertiary/aromatic N) is 2. The highest BCUT2D eigenvalue weighted by atomic mass is 35.5. The van der Waals surface area contributed by atoms with Crippen molar-refractivity contribution in [2.24, 2.45) is 5.92 Å². The lowest BCUT2D eigenvalue weighted by molar-refractivity contribution is 0.360. The van der Waals surface area contributed by atoms with Crippen LogP contribution in [0.2, 0.25) is 5.15 Å². The van der Waals surface area contributed by atoms with Gasteiger partial charge in [-0.1, -0.05) is 30.3 Å². The molecule has 94 valence electrons. The molecule has 1 aromatic heterocycles. The molecule has 5 heteroatoms. The molecular weight excluding hydrogens is 254 g/mol. The van der Waals surface area contributed by atoms with Crippen molar-refractivity contribution in [3.05, 3.63) is 11.2 Å². The molecule has 0 unspecified atom stereocenters. The van der Waals surface area contributed by atoms with Crippen molar-refractivity contribution < 1.29 is 0 Å². The Kier molecular flexibility index (Phi) is 4.51. The normalized spacial score (nSPS) is 24.6. The summed E-state index contributed by atoms with van der Waals surface area (Å²) >= 11 is 7.48. The van der Waals surface area contributed by atoms with Gasteiger partial charge in [0, 0.05) is 12.1 Å². The Balaban J connectivity index is 2.00. The minimum atomic E-state index is 0.510. The van der Waals surface area contributed by atoms with E-state index < -0.39 is 0 Å². The highest BCUT2D eigenvalue weighted by Gasteiger charge is 2.18. The first kappa shape index (κ1) is 13.0. The molecule has 0 spiro atoms. The van der Waals surface area contributed by atoms with Crippen LogP contribution in [0.3, 0.4) is 0 Å². The minimum Gasteiger partial charge on any atom is -0.367 e. The van der Waals surface area contributed by atoms with E-state index in [0.29, 0.717) is 11.2 Å². The first-order chi connectivity index (χ1) is 8.17. The summed E-state index contributed by atoms with van der Waals surface area (Å²) in [5, 5.41) is 4.70. The Hall–Kier alpha value is -0.480. The second-order valence-corrected chi connectivity index (χ2v) is 5.82. The third-order valence-electron chi connectivity index (χ3n) is 3.22. The number of hydrogen-bond acceptors (Lipinski definition) is 4. The number of aromatic nitrogens is 2. The largest absolute Gasteiger partial charge is 0.367 e. The topological polar surface area (TPSA) is 37.8 Å². The highest BCUT2D eigenvalue weighted by Crippen LogP contribution is 2.26. The number of rotatable bonds is 3. The third kappa shape index (κ3) is 3.75. The lowest BCUT2D eigenvalue weighted by Gasteiger charge is -2.27. The summed E-state index contributed by atoms with van der Waals surface area (Å²) < 4.78 is 0. The van der Waals surface area contributed by atoms with Crippen molar-refractivity contribution in [1.29, 1.82) is 0 Å². The van der Waals surface area contributed by atoms with Crippen molar-refractivity contribution in [2.75, 3.05) is 11.6 Å². The maximum Gasteiger partial charge on any atom is 0.190 e. The van der Waals surface area contributed by atoms with Crippen LogP contribution in [0, 0.1) is 5.92 Å². The van der Waals surface area contributed by atoms with Gasteiger partial charge in [-0.05, 0) is 37.9 Å². The van der Waals surface area contributed by atoms with Gasteiger partial charge in [0.25, 0.3) is 0 Å². The first-order valence-electron chi connectivity index (χ1n) is 6.02. The molecule has 2 rings (SSSR count). The molecule has 0 bridgehead atoms. The van der Waals surface area contributed by atoms with Gasteiger partial charge in [-0.25, -0.2) is 9.97 Å². The van der Waals surface area contributed by atoms with E-state index in [1.165, 1.54) is 37.4 Å². The summed E-state index contributed by atoms with van der Waals surface area (Å²) in [6.07, 6.45) is 6.99. The van der Waals surface area contributed by atoms with E-state index in [2.05, 4.69) is 22.2 Å². The second-order valence-electron chi connectivity index (χ2n) is 4.66. The van der Waals surface area contributed by atoms with Crippen LogP contribution in [0.4, 0.5) is 5.82 Å². The van der Waals surface area contributed by atoms with Gasteiger partial charge in [-0.15, -0.1) is 0 Å². The summed E-state index contributed by atoms with van der Waals surface area (Å²) in [7, 11) is 0. The Morgan fingerprint density at radius 2 is 2.00 bits per heavy atom. The Morgan fingerprint density at radius 3 is 2.65 bits per heavy atom. The quantitative estimate of drug-likeness (QED) is 0.515. The molecule has 0 saturated heterocycles. The standard InChI is InChI=1S/C12H18ClN3S/c1-8-3-5-9(6-4-8)14-11-7-10(13)15-12(16-11)17-2/h7-9H,3-6H2,1-2H3,(H,14,15,16). The number of hydrogen-bond donors (Lipinski definition) is 1. The molecule has 3 nitrogen and oxygen atoms in total. The molecule has 1 heterocycles. The molecule has 1 aliphatic carbocycles. The summed E-state index contributed by atoms with van der Waals surface area (Å²) in [6, 6.07) is 2.34. The molecule has 0 atom stereocenters. The fourth-order valence-electron chi connectivity index (χ4n) is 2.18. The zero-order valence-electron chi connectivity index (χ0n) is 10.2. The summed E-state index contributed by atoms with van der Waals surface area (Å²) in [4.78, 5) is 8.56. The molecule has 0 amide bonds. The molecule has 0 aliphatic heterocycles. The van der Waals surface area contributed by atoms with Crippen LogP contribution in [0.15, 0.2) is 11.2 Å². The summed E-state index contributed by atoms with van der Waals surface area (Å²) in [5.41, 5.74) is 0. The molecule has 1 aliphatic rings. The van der Waals surface area contributed by atoms with Crippen LogP contribution in [0.5, 0.6) is 0 Å². The molecule has 1 saturated carbocycles. The third-order valence-corrected chi connectivity index (χ3v) is 3.97. The van der Waals surface area contributed by atoms with Gasteiger partial charge in [0.05, 0.1) is 0 Å². The van der Waals surface area contributed by atoms with Gasteiger partial charge in [0.1, 0.15) is 11.0 Å². The van der Waals surface area contributed by atoms with Crippen molar-refractivity contribution >= 4 is 29.2 Å². The summed E-state index contributed by atoms with van der Waals surface area (Å²) in [5.74, 6) is 1.72. The maximum absolute atomic E-state index is 5.97. The van der Waals surface area contributed by atoms with Crippen LogP contribution in [0.25, 0.3) is 0 Å². The van der Waals surface area contributed by atoms with Gasteiger partial charge in [0.15, 0.2) is 5.16 Å². The Bertz CT molecular complexity index is 378. The van der Waals surface area contributed by atoms with E-state index >= 15 is 0 Å². The lowest BCUT2D eigenvalue weighted by atomic mass is 9.87. The molecule has 0 radical (unpaired) electrons. The van der Waals surface area contributed by atoms with Gasteiger partial charge in [0.2, 0.25) is 0 Å². The predicted molar refractivity (Wildman–Crippen MR) is 73.9 cm³/mol. The first-order valence-corrected chi connectivity index (χ1v) is 7.62. The number of halogens is 1. The van der Waals surface area contributed by atoms with Crippen molar-refractivity contribution in [3.8, 4) is 0 Å². The van der Waals surface area contributed by atoms with Crippen LogP contribution in [0.1, 0.15) is 32.6 Å². The van der Waals surface area contributed by atoms with Crippen LogP contribution in [-0.2, 0) is 0 Å². The second kappa shape index (κ2) is 5.91. The van der Waals surface area contributed by atoms with Crippen LogP contribution >= 0.6 is 23.4 Å². The molecule has 1 N–H and O–H groups in total. The highest BCUT2D eigenvalue weighted by molar-refractivity contribution is 7.98. The molecule has 0 aromatic carbocycles. The number of nitrogens with one attached hydrogen (secondary N) is 1. The van der Waals surface area contributed by atoms with Gasteiger partial charge in [-0.3, -0.25) is 0 Å². The van der Waals surface area contributed by atoms with Crippen LogP contribution in [-0.4, -0.2) is 22.3 Å². The Labute approximate surface area is 112 Å². The van der Waals surface area contributed by atoms with Gasteiger partial charge < -0.3 is 5.32 Å². The Morgan fingerprint density at radius 1 is 1.29 bits per heavy atom. The van der Waals surface area contributed by atoms with Crippen molar-refractivity contribution in [3.63, 3.8) is 0 Å². The van der Waals surface area contributed by atoms with Crippen molar-refractivity contribution in [1.82, 2.24) is 9.97 Å². The van der Waals surface area contributed by atoms with Crippen molar-refractivity contribution in [2.45, 2.75) is 43.8 Å². The maximum atomic E-state index is 5.97. The number of anilines is 1. The molecule has 1 aromatic rings. The van der Waals surface area contributed by atoms with E-state index in [-0.39, 0.29) is 0 Å². The van der Waals surface area contributed by atoms with E-state index in [4.69, 9.17) is 11.6 Å². The van der Waals surface area contributed by atoms with E-state index in [9.17, 15) is 0 Å². The van der Waals surface area contributed by atoms with Gasteiger partial charge >= 0.3 is 0 Å². The predicted octanol–water partition coefficient (Wildman–Crippen LogP) is 3.84. The zero-order valence-corrected chi connectivity index (χ0v) is 11.8. The minimum absolute atomic E-state index is 0.510. The SMILES string of the molecule is CSc1nc(Cl)cc(NC2CCC(C)CC2)n1. The van der Waals surface area contributed by atoms with E-state index in [1.807, 2.05) is 6.26 Å². The van der Waals surface area contributed by atoms with E-state index in [0.717, 1.165) is 16.9 Å². The zero-order chi connectivity index (χ0) is 12.3. The average Bonchev–Trinajstić information content (AvgIpc) is 2.31. The number of thioether (sulfide) groups is 1. The summed E-state index contributed by atoms with van der Waals surface area (Å²) in [6.45, 7) is 2.32. The van der Waals surface area contributed by atoms with E-state index in [1.54, 1.807) is 6.07 Å². The average molecular weight is 272 g/mol. The van der Waals surface area contributed by atoms with Gasteiger partial charge in [-0.2, -0.15) is 0 Å². The molecule has 17 heavy (non-hydrogen) atoms. The van der Waals surface area contributed by atoms with Crippen LogP contribution < -0.4 is 5.32 Å². The monoisotopic (exact) mass is 271 g/mol. The fraction of sp³-hybridized carbons (Fsp3) is 0.667.